The predicted molar refractivity (Wildman–Crippen MR) is 84.1 cm³/mol. The van der Waals surface area contributed by atoms with Gasteiger partial charge in [0.2, 0.25) is 11.8 Å². The average Bonchev–Trinajstić information content (AvgIpc) is 2.54. The Morgan fingerprint density at radius 1 is 1.18 bits per heavy atom. The molecule has 6 nitrogen and oxygen atoms in total. The molecule has 0 radical (unpaired) electrons. The van der Waals surface area contributed by atoms with Crippen LogP contribution in [-0.4, -0.2) is 56.1 Å². The van der Waals surface area contributed by atoms with Crippen molar-refractivity contribution in [3.63, 3.8) is 0 Å². The molecule has 6 heteroatoms. The number of amides is 2. The molecule has 2 rings (SSSR count). The Morgan fingerprint density at radius 3 is 2.50 bits per heavy atom. The van der Waals surface area contributed by atoms with Crippen LogP contribution in [0.25, 0.3) is 0 Å². The molecule has 22 heavy (non-hydrogen) atoms. The summed E-state index contributed by atoms with van der Waals surface area (Å²) in [5, 5.41) is 3.06. The third-order valence-electron chi connectivity index (χ3n) is 4.89. The first-order chi connectivity index (χ1) is 10.5. The summed E-state index contributed by atoms with van der Waals surface area (Å²) in [6.07, 6.45) is 5.24. The van der Waals surface area contributed by atoms with Gasteiger partial charge in [-0.3, -0.25) is 9.59 Å². The van der Waals surface area contributed by atoms with Crippen LogP contribution in [0.5, 0.6) is 0 Å². The van der Waals surface area contributed by atoms with Crippen molar-refractivity contribution >= 4 is 11.8 Å². The standard InChI is InChI=1S/C16H29N3O3/c1-19(2)16(21)12-4-3-5-13(10-12)18-15(20)14(17)11-6-8-22-9-7-11/h11-14H,3-10,17H2,1-2H3,(H,18,20). The van der Waals surface area contributed by atoms with Gasteiger partial charge in [-0.25, -0.2) is 0 Å². The highest BCUT2D eigenvalue weighted by molar-refractivity contribution is 5.82. The lowest BCUT2D eigenvalue weighted by molar-refractivity contribution is -0.135. The second kappa shape index (κ2) is 7.92. The summed E-state index contributed by atoms with van der Waals surface area (Å²) >= 11 is 0. The van der Waals surface area contributed by atoms with E-state index in [-0.39, 0.29) is 29.7 Å². The molecule has 1 aliphatic heterocycles. The zero-order valence-electron chi connectivity index (χ0n) is 13.7. The molecule has 0 aromatic carbocycles. The van der Waals surface area contributed by atoms with Crippen molar-refractivity contribution in [3.8, 4) is 0 Å². The number of rotatable bonds is 4. The highest BCUT2D eigenvalue weighted by Gasteiger charge is 2.32. The molecule has 0 aromatic rings. The largest absolute Gasteiger partial charge is 0.381 e. The van der Waals surface area contributed by atoms with Gasteiger partial charge in [-0.2, -0.15) is 0 Å². The first kappa shape index (κ1) is 17.2. The number of hydrogen-bond donors (Lipinski definition) is 2. The summed E-state index contributed by atoms with van der Waals surface area (Å²) in [4.78, 5) is 26.1. The van der Waals surface area contributed by atoms with Gasteiger partial charge >= 0.3 is 0 Å². The average molecular weight is 311 g/mol. The predicted octanol–water partition coefficient (Wildman–Crippen LogP) is 0.504. The minimum Gasteiger partial charge on any atom is -0.381 e. The number of ether oxygens (including phenoxy) is 1. The molecule has 1 saturated carbocycles. The summed E-state index contributed by atoms with van der Waals surface area (Å²) in [6, 6.07) is -0.394. The number of carbonyl (C=O) groups excluding carboxylic acids is 2. The van der Waals surface area contributed by atoms with Crippen molar-refractivity contribution in [2.75, 3.05) is 27.3 Å². The smallest absolute Gasteiger partial charge is 0.237 e. The fourth-order valence-electron chi connectivity index (χ4n) is 3.50. The Bertz CT molecular complexity index is 394. The molecule has 1 heterocycles. The lowest BCUT2D eigenvalue weighted by Gasteiger charge is -2.32. The molecular weight excluding hydrogens is 282 g/mol. The van der Waals surface area contributed by atoms with Gasteiger partial charge in [-0.15, -0.1) is 0 Å². The zero-order chi connectivity index (χ0) is 16.1. The van der Waals surface area contributed by atoms with Crippen molar-refractivity contribution in [3.05, 3.63) is 0 Å². The maximum absolute atomic E-state index is 12.3. The Morgan fingerprint density at radius 2 is 1.86 bits per heavy atom. The van der Waals surface area contributed by atoms with Gasteiger partial charge in [0.1, 0.15) is 0 Å². The fourth-order valence-corrected chi connectivity index (χ4v) is 3.50. The second-order valence-corrected chi connectivity index (χ2v) is 6.78. The lowest BCUT2D eigenvalue weighted by Crippen LogP contribution is -2.51. The van der Waals surface area contributed by atoms with Crippen molar-refractivity contribution < 1.29 is 14.3 Å². The first-order valence-corrected chi connectivity index (χ1v) is 8.34. The van der Waals surface area contributed by atoms with Gasteiger partial charge in [0.15, 0.2) is 0 Å². The van der Waals surface area contributed by atoms with Gasteiger partial charge < -0.3 is 20.7 Å². The summed E-state index contributed by atoms with van der Waals surface area (Å²) in [6.45, 7) is 1.38. The Kier molecular flexibility index (Phi) is 6.20. The molecule has 1 saturated heterocycles. The van der Waals surface area contributed by atoms with Crippen LogP contribution in [0.3, 0.4) is 0 Å². The van der Waals surface area contributed by atoms with Crippen molar-refractivity contribution in [2.45, 2.75) is 50.6 Å². The van der Waals surface area contributed by atoms with Gasteiger partial charge in [-0.1, -0.05) is 6.42 Å². The molecule has 126 valence electrons. The van der Waals surface area contributed by atoms with Crippen LogP contribution in [0, 0.1) is 11.8 Å². The monoisotopic (exact) mass is 311 g/mol. The van der Waals surface area contributed by atoms with Crippen LogP contribution in [0.4, 0.5) is 0 Å². The second-order valence-electron chi connectivity index (χ2n) is 6.78. The van der Waals surface area contributed by atoms with E-state index in [2.05, 4.69) is 5.32 Å². The van der Waals surface area contributed by atoms with E-state index in [1.807, 2.05) is 0 Å². The highest BCUT2D eigenvalue weighted by atomic mass is 16.5. The summed E-state index contributed by atoms with van der Waals surface area (Å²) < 4.78 is 5.31. The molecule has 2 amide bonds. The summed E-state index contributed by atoms with van der Waals surface area (Å²) in [5.74, 6) is 0.312. The number of hydrogen-bond acceptors (Lipinski definition) is 4. The minimum atomic E-state index is -0.464. The third kappa shape index (κ3) is 4.43. The zero-order valence-corrected chi connectivity index (χ0v) is 13.7. The number of nitrogens with two attached hydrogens (primary N) is 1. The Balaban J connectivity index is 1.84. The molecule has 1 aliphatic carbocycles. The molecule has 0 bridgehead atoms. The quantitative estimate of drug-likeness (QED) is 0.792. The minimum absolute atomic E-state index is 0.0216. The van der Waals surface area contributed by atoms with E-state index >= 15 is 0 Å². The van der Waals surface area contributed by atoms with E-state index in [1.165, 1.54) is 0 Å². The third-order valence-corrected chi connectivity index (χ3v) is 4.89. The van der Waals surface area contributed by atoms with Crippen LogP contribution in [0.1, 0.15) is 38.5 Å². The Labute approximate surface area is 132 Å². The number of nitrogens with zero attached hydrogens (tertiary/aromatic N) is 1. The highest BCUT2D eigenvalue weighted by Crippen LogP contribution is 2.26. The van der Waals surface area contributed by atoms with Crippen molar-refractivity contribution in [1.29, 1.82) is 0 Å². The molecule has 2 fully saturated rings. The lowest BCUT2D eigenvalue weighted by atomic mass is 9.84. The molecule has 2 aliphatic rings. The van der Waals surface area contributed by atoms with E-state index in [0.717, 1.165) is 38.5 Å². The number of carbonyl (C=O) groups is 2. The van der Waals surface area contributed by atoms with Crippen LogP contribution < -0.4 is 11.1 Å². The number of nitrogens with one attached hydrogen (secondary N) is 1. The van der Waals surface area contributed by atoms with E-state index in [0.29, 0.717) is 13.2 Å². The molecule has 3 atom stereocenters. The molecule has 0 aromatic heterocycles. The van der Waals surface area contributed by atoms with Gasteiger partial charge in [0.25, 0.3) is 0 Å². The molecule has 3 unspecified atom stereocenters. The van der Waals surface area contributed by atoms with Crippen LogP contribution >= 0.6 is 0 Å². The summed E-state index contributed by atoms with van der Waals surface area (Å²) in [7, 11) is 3.57. The van der Waals surface area contributed by atoms with Crippen molar-refractivity contribution in [2.24, 2.45) is 17.6 Å². The fraction of sp³-hybridized carbons (Fsp3) is 0.875. The van der Waals surface area contributed by atoms with E-state index in [1.54, 1.807) is 19.0 Å². The maximum Gasteiger partial charge on any atom is 0.237 e. The van der Waals surface area contributed by atoms with Gasteiger partial charge in [0.05, 0.1) is 6.04 Å². The molecule has 0 spiro atoms. The first-order valence-electron chi connectivity index (χ1n) is 8.34. The SMILES string of the molecule is CN(C)C(=O)C1CCCC(NC(=O)C(N)C2CCOCC2)C1. The van der Waals surface area contributed by atoms with Gasteiger partial charge in [0, 0.05) is 39.3 Å². The maximum atomic E-state index is 12.3. The molecule has 3 N–H and O–H groups in total. The van der Waals surface area contributed by atoms with Crippen molar-refractivity contribution in [1.82, 2.24) is 10.2 Å². The van der Waals surface area contributed by atoms with Crippen LogP contribution in [0.2, 0.25) is 0 Å². The van der Waals surface area contributed by atoms with E-state index in [4.69, 9.17) is 10.5 Å². The Hall–Kier alpha value is -1.14. The molecular formula is C16H29N3O3. The normalized spacial score (nSPS) is 28.0. The van der Waals surface area contributed by atoms with Crippen LogP contribution in [-0.2, 0) is 14.3 Å². The van der Waals surface area contributed by atoms with Gasteiger partial charge in [-0.05, 0) is 38.0 Å². The topological polar surface area (TPSA) is 84.7 Å². The summed E-state index contributed by atoms with van der Waals surface area (Å²) in [5.41, 5.74) is 6.11. The van der Waals surface area contributed by atoms with E-state index in [9.17, 15) is 9.59 Å². The van der Waals surface area contributed by atoms with Crippen LogP contribution in [0.15, 0.2) is 0 Å². The van der Waals surface area contributed by atoms with E-state index < -0.39 is 6.04 Å².